The molecular weight excluding hydrogens is 461 g/mol. The highest BCUT2D eigenvalue weighted by Gasteiger charge is 2.12. The van der Waals surface area contributed by atoms with Gasteiger partial charge in [0.05, 0.1) is 11.6 Å². The van der Waals surface area contributed by atoms with Crippen LogP contribution in [0.25, 0.3) is 6.08 Å². The number of aryl methyl sites for hydroxylation is 2. The molecule has 31 heavy (non-hydrogen) atoms. The van der Waals surface area contributed by atoms with E-state index in [9.17, 15) is 9.18 Å². The van der Waals surface area contributed by atoms with Crippen molar-refractivity contribution in [1.29, 1.82) is 0 Å². The lowest BCUT2D eigenvalue weighted by Crippen LogP contribution is -2.09. The smallest absolute Gasteiger partial charge is 0.248 e. The summed E-state index contributed by atoms with van der Waals surface area (Å²) in [6, 6.07) is 15.9. The van der Waals surface area contributed by atoms with E-state index in [1.54, 1.807) is 36.4 Å². The Morgan fingerprint density at radius 2 is 1.90 bits per heavy atom. The fraction of sp³-hybridized carbons (Fsp3) is 0.160. The lowest BCUT2D eigenvalue weighted by molar-refractivity contribution is -0.111. The number of halogens is 2. The van der Waals surface area contributed by atoms with Crippen molar-refractivity contribution >= 4 is 33.6 Å². The molecule has 0 aromatic heterocycles. The van der Waals surface area contributed by atoms with E-state index in [0.717, 1.165) is 22.4 Å². The quantitative estimate of drug-likeness (QED) is 0.393. The molecule has 1 amide bonds. The van der Waals surface area contributed by atoms with E-state index < -0.39 is 0 Å². The molecule has 3 aromatic rings. The van der Waals surface area contributed by atoms with Crippen LogP contribution in [0.5, 0.6) is 11.5 Å². The maximum atomic E-state index is 13.8. The molecule has 0 aliphatic heterocycles. The van der Waals surface area contributed by atoms with Gasteiger partial charge >= 0.3 is 0 Å². The summed E-state index contributed by atoms with van der Waals surface area (Å²) >= 11 is 3.47. The van der Waals surface area contributed by atoms with Crippen molar-refractivity contribution in [2.24, 2.45) is 0 Å². The summed E-state index contributed by atoms with van der Waals surface area (Å²) in [6.07, 6.45) is 3.15. The zero-order valence-electron chi connectivity index (χ0n) is 17.5. The Labute approximate surface area is 189 Å². The number of hydrogen-bond donors (Lipinski definition) is 1. The van der Waals surface area contributed by atoms with Crippen LogP contribution >= 0.6 is 15.9 Å². The predicted molar refractivity (Wildman–Crippen MR) is 125 cm³/mol. The summed E-state index contributed by atoms with van der Waals surface area (Å²) in [5.74, 6) is 0.372. The molecule has 3 aromatic carbocycles. The van der Waals surface area contributed by atoms with Gasteiger partial charge in [0.1, 0.15) is 12.4 Å². The van der Waals surface area contributed by atoms with Gasteiger partial charge in [-0.15, -0.1) is 0 Å². The molecule has 0 aliphatic rings. The van der Waals surface area contributed by atoms with Gasteiger partial charge in [0, 0.05) is 17.3 Å². The van der Waals surface area contributed by atoms with Gasteiger partial charge in [-0.3, -0.25) is 4.79 Å². The van der Waals surface area contributed by atoms with Gasteiger partial charge in [-0.05, 0) is 71.2 Å². The SMILES string of the molecule is COc1cc(/C=C/C(=O)Nc2ccc(C)cc2C)cc(Br)c1OCc1ccccc1F. The minimum atomic E-state index is -0.327. The Kier molecular flexibility index (Phi) is 7.47. The summed E-state index contributed by atoms with van der Waals surface area (Å²) in [7, 11) is 1.53. The van der Waals surface area contributed by atoms with E-state index in [2.05, 4.69) is 21.2 Å². The minimum Gasteiger partial charge on any atom is -0.493 e. The summed E-state index contributed by atoms with van der Waals surface area (Å²) in [6.45, 7) is 4.02. The van der Waals surface area contributed by atoms with Crippen LogP contribution in [-0.4, -0.2) is 13.0 Å². The Morgan fingerprint density at radius 3 is 2.61 bits per heavy atom. The molecule has 0 saturated heterocycles. The van der Waals surface area contributed by atoms with Crippen LogP contribution in [-0.2, 0) is 11.4 Å². The van der Waals surface area contributed by atoms with Gasteiger partial charge in [-0.1, -0.05) is 35.9 Å². The molecule has 1 N–H and O–H groups in total. The van der Waals surface area contributed by atoms with Gasteiger partial charge in [0.2, 0.25) is 5.91 Å². The van der Waals surface area contributed by atoms with Crippen molar-refractivity contribution in [2.75, 3.05) is 12.4 Å². The molecule has 0 heterocycles. The molecule has 0 radical (unpaired) electrons. The second-order valence-electron chi connectivity index (χ2n) is 7.06. The first-order valence-electron chi connectivity index (χ1n) is 9.67. The highest BCUT2D eigenvalue weighted by atomic mass is 79.9. The molecule has 6 heteroatoms. The third-order valence-electron chi connectivity index (χ3n) is 4.65. The molecule has 0 saturated carbocycles. The number of carbonyl (C=O) groups excluding carboxylic acids is 1. The number of anilines is 1. The highest BCUT2D eigenvalue weighted by Crippen LogP contribution is 2.37. The Balaban J connectivity index is 1.72. The van der Waals surface area contributed by atoms with Crippen LogP contribution in [0.15, 0.2) is 65.1 Å². The Bertz CT molecular complexity index is 1130. The summed E-state index contributed by atoms with van der Waals surface area (Å²) in [4.78, 5) is 12.3. The summed E-state index contributed by atoms with van der Waals surface area (Å²) in [5, 5.41) is 2.88. The van der Waals surface area contributed by atoms with E-state index in [-0.39, 0.29) is 18.3 Å². The normalized spacial score (nSPS) is 10.9. The molecule has 0 aliphatic carbocycles. The first kappa shape index (κ1) is 22.6. The lowest BCUT2D eigenvalue weighted by Gasteiger charge is -2.14. The number of amides is 1. The third-order valence-corrected chi connectivity index (χ3v) is 5.24. The first-order chi connectivity index (χ1) is 14.9. The molecule has 0 spiro atoms. The molecule has 0 fully saturated rings. The molecule has 0 unspecified atom stereocenters. The fourth-order valence-corrected chi connectivity index (χ4v) is 3.62. The number of rotatable bonds is 7. The van der Waals surface area contributed by atoms with Gasteiger partial charge in [-0.25, -0.2) is 4.39 Å². The topological polar surface area (TPSA) is 47.6 Å². The zero-order valence-corrected chi connectivity index (χ0v) is 19.1. The second-order valence-corrected chi connectivity index (χ2v) is 7.91. The van der Waals surface area contributed by atoms with Crippen molar-refractivity contribution < 1.29 is 18.7 Å². The summed E-state index contributed by atoms with van der Waals surface area (Å²) in [5.41, 5.74) is 4.11. The van der Waals surface area contributed by atoms with Crippen molar-refractivity contribution in [3.63, 3.8) is 0 Å². The maximum Gasteiger partial charge on any atom is 0.248 e. The van der Waals surface area contributed by atoms with Crippen LogP contribution < -0.4 is 14.8 Å². The molecule has 0 atom stereocenters. The van der Waals surface area contributed by atoms with Crippen LogP contribution in [0, 0.1) is 19.7 Å². The monoisotopic (exact) mass is 483 g/mol. The number of methoxy groups -OCH3 is 1. The van der Waals surface area contributed by atoms with Gasteiger partial charge < -0.3 is 14.8 Å². The third kappa shape index (κ3) is 5.95. The number of nitrogens with one attached hydrogen (secondary N) is 1. The molecule has 0 bridgehead atoms. The van der Waals surface area contributed by atoms with Crippen LogP contribution in [0.4, 0.5) is 10.1 Å². The first-order valence-corrected chi connectivity index (χ1v) is 10.5. The van der Waals surface area contributed by atoms with Gasteiger partial charge in [-0.2, -0.15) is 0 Å². The Hall–Kier alpha value is -3.12. The van der Waals surface area contributed by atoms with E-state index in [1.165, 1.54) is 19.3 Å². The fourth-order valence-electron chi connectivity index (χ4n) is 3.04. The van der Waals surface area contributed by atoms with E-state index in [1.807, 2.05) is 32.0 Å². The maximum absolute atomic E-state index is 13.8. The molecule has 160 valence electrons. The second kappa shape index (κ2) is 10.3. The highest BCUT2D eigenvalue weighted by molar-refractivity contribution is 9.10. The average molecular weight is 484 g/mol. The standard InChI is InChI=1S/C25H23BrFNO3/c1-16-8-10-22(17(2)12-16)28-24(29)11-9-18-13-20(26)25(23(14-18)30-3)31-15-19-6-4-5-7-21(19)27/h4-14H,15H2,1-3H3,(H,28,29)/b11-9+. The van der Waals surface area contributed by atoms with Crippen LogP contribution in [0.1, 0.15) is 22.3 Å². The number of ether oxygens (including phenoxy) is 2. The number of benzene rings is 3. The molecular formula is C25H23BrFNO3. The lowest BCUT2D eigenvalue weighted by atomic mass is 10.1. The summed E-state index contributed by atoms with van der Waals surface area (Å²) < 4.78 is 25.7. The van der Waals surface area contributed by atoms with E-state index in [4.69, 9.17) is 9.47 Å². The van der Waals surface area contributed by atoms with Crippen molar-refractivity contribution in [2.45, 2.75) is 20.5 Å². The van der Waals surface area contributed by atoms with Gasteiger partial charge in [0.25, 0.3) is 0 Å². The van der Waals surface area contributed by atoms with E-state index >= 15 is 0 Å². The van der Waals surface area contributed by atoms with Gasteiger partial charge in [0.15, 0.2) is 11.5 Å². The van der Waals surface area contributed by atoms with Crippen LogP contribution in [0.2, 0.25) is 0 Å². The van der Waals surface area contributed by atoms with Crippen molar-refractivity contribution in [3.8, 4) is 11.5 Å². The van der Waals surface area contributed by atoms with Crippen molar-refractivity contribution in [1.82, 2.24) is 0 Å². The average Bonchev–Trinajstić information content (AvgIpc) is 2.74. The minimum absolute atomic E-state index is 0.0646. The molecule has 3 rings (SSSR count). The largest absolute Gasteiger partial charge is 0.493 e. The van der Waals surface area contributed by atoms with Crippen LogP contribution in [0.3, 0.4) is 0 Å². The number of carbonyl (C=O) groups is 1. The Morgan fingerprint density at radius 1 is 1.13 bits per heavy atom. The zero-order chi connectivity index (χ0) is 22.4. The van der Waals surface area contributed by atoms with Crippen molar-refractivity contribution in [3.05, 3.63) is 93.2 Å². The van der Waals surface area contributed by atoms with E-state index in [0.29, 0.717) is 21.5 Å². The molecule has 4 nitrogen and oxygen atoms in total. The number of hydrogen-bond acceptors (Lipinski definition) is 3. The predicted octanol–water partition coefficient (Wildman–Crippen LogP) is 6.44.